The predicted molar refractivity (Wildman–Crippen MR) is 97.0 cm³/mol. The average Bonchev–Trinajstić information content (AvgIpc) is 3.14. The van der Waals surface area contributed by atoms with Gasteiger partial charge in [-0.25, -0.2) is 0 Å². The van der Waals surface area contributed by atoms with Gasteiger partial charge < -0.3 is 14.5 Å². The molecule has 0 aliphatic carbocycles. The number of anilines is 1. The number of para-hydroxylation sites is 2. The Kier molecular flexibility index (Phi) is 5.92. The van der Waals surface area contributed by atoms with E-state index in [1.165, 1.54) is 23.1 Å². The Morgan fingerprint density at radius 2 is 2.08 bits per heavy atom. The van der Waals surface area contributed by atoms with Crippen LogP contribution in [0.5, 0.6) is 5.75 Å². The van der Waals surface area contributed by atoms with Crippen LogP contribution in [0.3, 0.4) is 0 Å². The molecule has 0 saturated carbocycles. The number of thioether (sulfide) groups is 1. The van der Waals surface area contributed by atoms with Gasteiger partial charge in [-0.3, -0.25) is 4.79 Å². The van der Waals surface area contributed by atoms with E-state index in [1.54, 1.807) is 5.51 Å². The molecule has 8 heteroatoms. The summed E-state index contributed by atoms with van der Waals surface area (Å²) in [5.41, 5.74) is 2.79. The van der Waals surface area contributed by atoms with Crippen molar-refractivity contribution in [3.05, 3.63) is 29.8 Å². The highest BCUT2D eigenvalue weighted by atomic mass is 32.2. The van der Waals surface area contributed by atoms with Crippen LogP contribution in [0.25, 0.3) is 0 Å². The molecule has 1 aliphatic heterocycles. The second-order valence-electron chi connectivity index (χ2n) is 5.26. The average molecular weight is 364 g/mol. The number of amides is 1. The van der Waals surface area contributed by atoms with Crippen LogP contribution in [0.2, 0.25) is 0 Å². The second-order valence-corrected chi connectivity index (χ2v) is 7.32. The zero-order valence-electron chi connectivity index (χ0n) is 13.6. The van der Waals surface area contributed by atoms with E-state index in [4.69, 9.17) is 4.74 Å². The third kappa shape index (κ3) is 4.18. The van der Waals surface area contributed by atoms with Crippen molar-refractivity contribution < 1.29 is 9.53 Å². The maximum atomic E-state index is 12.3. The Hall–Kier alpha value is -1.80. The van der Waals surface area contributed by atoms with E-state index >= 15 is 0 Å². The van der Waals surface area contributed by atoms with Gasteiger partial charge in [0.15, 0.2) is 4.34 Å². The smallest absolute Gasteiger partial charge is 0.233 e. The van der Waals surface area contributed by atoms with Gasteiger partial charge in [-0.05, 0) is 19.1 Å². The van der Waals surface area contributed by atoms with Crippen LogP contribution in [0.4, 0.5) is 5.69 Å². The van der Waals surface area contributed by atoms with E-state index in [9.17, 15) is 4.79 Å². The highest BCUT2D eigenvalue weighted by molar-refractivity contribution is 8.01. The van der Waals surface area contributed by atoms with Gasteiger partial charge in [0, 0.05) is 26.2 Å². The third-order valence-corrected chi connectivity index (χ3v) is 5.64. The molecule has 6 nitrogen and oxygen atoms in total. The molecule has 0 radical (unpaired) electrons. The van der Waals surface area contributed by atoms with Gasteiger partial charge in [-0.1, -0.05) is 35.2 Å². The number of nitrogens with zero attached hydrogens (tertiary/aromatic N) is 4. The number of hydrogen-bond acceptors (Lipinski definition) is 7. The highest BCUT2D eigenvalue weighted by Gasteiger charge is 2.23. The molecule has 1 amide bonds. The van der Waals surface area contributed by atoms with Crippen molar-refractivity contribution in [3.63, 3.8) is 0 Å². The van der Waals surface area contributed by atoms with Crippen LogP contribution >= 0.6 is 23.1 Å². The molecule has 1 aromatic carbocycles. The van der Waals surface area contributed by atoms with E-state index < -0.39 is 0 Å². The lowest BCUT2D eigenvalue weighted by Crippen LogP contribution is -2.49. The van der Waals surface area contributed by atoms with Gasteiger partial charge in [-0.2, -0.15) is 0 Å². The number of rotatable bonds is 6. The summed E-state index contributed by atoms with van der Waals surface area (Å²) in [5, 5.41) is 7.73. The molecule has 1 saturated heterocycles. The van der Waals surface area contributed by atoms with Gasteiger partial charge in [0.05, 0.1) is 18.0 Å². The lowest BCUT2D eigenvalue weighted by Gasteiger charge is -2.36. The summed E-state index contributed by atoms with van der Waals surface area (Å²) in [4.78, 5) is 16.5. The van der Waals surface area contributed by atoms with Crippen molar-refractivity contribution in [2.75, 3.05) is 43.4 Å². The van der Waals surface area contributed by atoms with Gasteiger partial charge in [0.1, 0.15) is 11.3 Å². The van der Waals surface area contributed by atoms with E-state index in [0.29, 0.717) is 12.4 Å². The fourth-order valence-corrected chi connectivity index (χ4v) is 4.02. The minimum Gasteiger partial charge on any atom is -0.492 e. The second kappa shape index (κ2) is 8.34. The summed E-state index contributed by atoms with van der Waals surface area (Å²) in [6, 6.07) is 8.08. The normalized spacial score (nSPS) is 14.7. The minimum absolute atomic E-state index is 0.160. The number of piperazine rings is 1. The quantitative estimate of drug-likeness (QED) is 0.734. The molecule has 1 aromatic heterocycles. The maximum Gasteiger partial charge on any atom is 0.233 e. The van der Waals surface area contributed by atoms with E-state index in [1.807, 2.05) is 30.0 Å². The molecule has 0 atom stereocenters. The molecule has 2 aromatic rings. The van der Waals surface area contributed by atoms with E-state index in [0.717, 1.165) is 42.0 Å². The third-order valence-electron chi connectivity index (χ3n) is 3.80. The first-order chi connectivity index (χ1) is 11.8. The van der Waals surface area contributed by atoms with Crippen molar-refractivity contribution in [1.29, 1.82) is 0 Å². The number of aromatic nitrogens is 2. The predicted octanol–water partition coefficient (Wildman–Crippen LogP) is 2.38. The molecular weight excluding hydrogens is 344 g/mol. The Morgan fingerprint density at radius 3 is 2.79 bits per heavy atom. The van der Waals surface area contributed by atoms with Crippen LogP contribution < -0.4 is 9.64 Å². The Labute approximate surface area is 149 Å². The summed E-state index contributed by atoms with van der Waals surface area (Å²) in [7, 11) is 0. The Balaban J connectivity index is 1.53. The van der Waals surface area contributed by atoms with Gasteiger partial charge in [-0.15, -0.1) is 10.2 Å². The molecule has 3 rings (SSSR count). The first kappa shape index (κ1) is 17.0. The summed E-state index contributed by atoms with van der Waals surface area (Å²) in [5.74, 6) is 1.49. The van der Waals surface area contributed by atoms with Gasteiger partial charge >= 0.3 is 0 Å². The summed E-state index contributed by atoms with van der Waals surface area (Å²) < 4.78 is 6.55. The van der Waals surface area contributed by atoms with Crippen molar-refractivity contribution in [3.8, 4) is 5.75 Å². The standard InChI is InChI=1S/C16H20N4O2S2/c1-2-22-14-6-4-3-5-13(14)19-7-9-20(10-8-19)15(21)11-23-16-18-17-12-24-16/h3-6,12H,2,7-11H2,1H3. The number of benzene rings is 1. The minimum atomic E-state index is 0.160. The first-order valence-corrected chi connectivity index (χ1v) is 9.78. The van der Waals surface area contributed by atoms with Crippen LogP contribution in [0, 0.1) is 0 Å². The highest BCUT2D eigenvalue weighted by Crippen LogP contribution is 2.29. The van der Waals surface area contributed by atoms with Crippen LogP contribution in [0.15, 0.2) is 34.1 Å². The zero-order valence-corrected chi connectivity index (χ0v) is 15.2. The molecule has 128 valence electrons. The lowest BCUT2D eigenvalue weighted by molar-refractivity contribution is -0.128. The summed E-state index contributed by atoms with van der Waals surface area (Å²) >= 11 is 2.92. The van der Waals surface area contributed by atoms with Crippen LogP contribution in [-0.4, -0.2) is 59.5 Å². The SMILES string of the molecule is CCOc1ccccc1N1CCN(C(=O)CSc2nncs2)CC1. The molecule has 24 heavy (non-hydrogen) atoms. The van der Waals surface area contributed by atoms with Crippen molar-refractivity contribution in [1.82, 2.24) is 15.1 Å². The fraction of sp³-hybridized carbons (Fsp3) is 0.438. The summed E-state index contributed by atoms with van der Waals surface area (Å²) in [6.45, 7) is 5.74. The van der Waals surface area contributed by atoms with Crippen molar-refractivity contribution in [2.24, 2.45) is 0 Å². The van der Waals surface area contributed by atoms with Gasteiger partial charge in [0.25, 0.3) is 0 Å². The number of carbonyl (C=O) groups excluding carboxylic acids is 1. The molecular formula is C16H20N4O2S2. The number of hydrogen-bond donors (Lipinski definition) is 0. The molecule has 2 heterocycles. The Bertz CT molecular complexity index is 658. The molecule has 0 N–H and O–H groups in total. The molecule has 0 unspecified atom stereocenters. The molecule has 0 bridgehead atoms. The summed E-state index contributed by atoms with van der Waals surface area (Å²) in [6.07, 6.45) is 0. The molecule has 0 spiro atoms. The fourth-order valence-electron chi connectivity index (χ4n) is 2.63. The largest absolute Gasteiger partial charge is 0.492 e. The number of carbonyl (C=O) groups is 1. The Morgan fingerprint density at radius 1 is 1.29 bits per heavy atom. The van der Waals surface area contributed by atoms with Crippen molar-refractivity contribution in [2.45, 2.75) is 11.3 Å². The number of ether oxygens (including phenoxy) is 1. The van der Waals surface area contributed by atoms with E-state index in [2.05, 4.69) is 21.2 Å². The topological polar surface area (TPSA) is 58.6 Å². The van der Waals surface area contributed by atoms with Crippen molar-refractivity contribution >= 4 is 34.7 Å². The van der Waals surface area contributed by atoms with Crippen LogP contribution in [-0.2, 0) is 4.79 Å². The zero-order chi connectivity index (χ0) is 16.8. The molecule has 1 fully saturated rings. The maximum absolute atomic E-state index is 12.3. The lowest BCUT2D eigenvalue weighted by atomic mass is 10.2. The molecule has 1 aliphatic rings. The van der Waals surface area contributed by atoms with Gasteiger partial charge in [0.2, 0.25) is 5.91 Å². The monoisotopic (exact) mass is 364 g/mol. The van der Waals surface area contributed by atoms with E-state index in [-0.39, 0.29) is 5.91 Å². The first-order valence-electron chi connectivity index (χ1n) is 7.91. The van der Waals surface area contributed by atoms with Crippen LogP contribution in [0.1, 0.15) is 6.92 Å².